The molecule has 2 unspecified atom stereocenters. The van der Waals surface area contributed by atoms with Gasteiger partial charge in [-0.25, -0.2) is 0 Å². The van der Waals surface area contributed by atoms with E-state index in [1.165, 1.54) is 11.1 Å². The minimum Gasteiger partial charge on any atom is -0.304 e. The third kappa shape index (κ3) is 3.88. The van der Waals surface area contributed by atoms with Crippen molar-refractivity contribution in [1.82, 2.24) is 10.3 Å². The van der Waals surface area contributed by atoms with Crippen molar-refractivity contribution in [3.05, 3.63) is 62.8 Å². The van der Waals surface area contributed by atoms with Crippen LogP contribution in [-0.2, 0) is 0 Å². The van der Waals surface area contributed by atoms with E-state index >= 15 is 0 Å². The van der Waals surface area contributed by atoms with Crippen LogP contribution < -0.4 is 5.32 Å². The Morgan fingerprint density at radius 2 is 1.68 bits per heavy atom. The Hall–Kier alpha value is -0.710. The fourth-order valence-electron chi connectivity index (χ4n) is 2.07. The average Bonchev–Trinajstić information content (AvgIpc) is 2.39. The Balaban J connectivity index is 2.10. The van der Waals surface area contributed by atoms with Gasteiger partial charge in [-0.15, -0.1) is 0 Å². The van der Waals surface area contributed by atoms with E-state index in [4.69, 9.17) is 0 Å². The zero-order chi connectivity index (χ0) is 13.8. The lowest BCUT2D eigenvalue weighted by atomic mass is 10.1. The summed E-state index contributed by atoms with van der Waals surface area (Å²) in [4.78, 5) is 4.05. The van der Waals surface area contributed by atoms with Gasteiger partial charge in [-0.2, -0.15) is 0 Å². The first kappa shape index (κ1) is 14.7. The molecular formula is C15H16Br2N2. The first-order valence-corrected chi connectivity index (χ1v) is 7.77. The zero-order valence-electron chi connectivity index (χ0n) is 10.9. The number of hydrogen-bond acceptors (Lipinski definition) is 2. The lowest BCUT2D eigenvalue weighted by Crippen LogP contribution is -2.22. The van der Waals surface area contributed by atoms with Crippen molar-refractivity contribution in [1.29, 1.82) is 0 Å². The number of nitrogens with one attached hydrogen (secondary N) is 1. The maximum atomic E-state index is 4.05. The van der Waals surface area contributed by atoms with Crippen LogP contribution in [0, 0.1) is 0 Å². The molecule has 0 aliphatic rings. The SMILES string of the molecule is CC(NC(C)c1ccc(Br)cc1Br)c1ccncc1. The summed E-state index contributed by atoms with van der Waals surface area (Å²) in [5.74, 6) is 0. The van der Waals surface area contributed by atoms with E-state index in [1.807, 2.05) is 24.5 Å². The fraction of sp³-hybridized carbons (Fsp3) is 0.267. The second-order valence-corrected chi connectivity index (χ2v) is 6.33. The highest BCUT2D eigenvalue weighted by Gasteiger charge is 2.13. The molecule has 0 saturated heterocycles. The summed E-state index contributed by atoms with van der Waals surface area (Å²) in [6.45, 7) is 4.34. The highest BCUT2D eigenvalue weighted by molar-refractivity contribution is 9.11. The van der Waals surface area contributed by atoms with Crippen molar-refractivity contribution in [2.24, 2.45) is 0 Å². The van der Waals surface area contributed by atoms with Gasteiger partial charge in [0.2, 0.25) is 0 Å². The number of aromatic nitrogens is 1. The van der Waals surface area contributed by atoms with Crippen molar-refractivity contribution in [3.63, 3.8) is 0 Å². The fourth-order valence-corrected chi connectivity index (χ4v) is 3.46. The number of halogens is 2. The minimum atomic E-state index is 0.269. The summed E-state index contributed by atoms with van der Waals surface area (Å²) in [6, 6.07) is 10.9. The van der Waals surface area contributed by atoms with Crippen LogP contribution in [0.3, 0.4) is 0 Å². The number of nitrogens with zero attached hydrogens (tertiary/aromatic N) is 1. The van der Waals surface area contributed by atoms with Crippen molar-refractivity contribution in [2.75, 3.05) is 0 Å². The Morgan fingerprint density at radius 1 is 1.00 bits per heavy atom. The van der Waals surface area contributed by atoms with Gasteiger partial charge in [0.1, 0.15) is 0 Å². The van der Waals surface area contributed by atoms with Gasteiger partial charge in [0.15, 0.2) is 0 Å². The summed E-state index contributed by atoms with van der Waals surface area (Å²) in [5, 5.41) is 3.60. The van der Waals surface area contributed by atoms with Gasteiger partial charge < -0.3 is 5.32 Å². The van der Waals surface area contributed by atoms with Crippen LogP contribution >= 0.6 is 31.9 Å². The Kier molecular flexibility index (Phi) is 5.13. The summed E-state index contributed by atoms with van der Waals surface area (Å²) < 4.78 is 2.20. The molecule has 1 aromatic heterocycles. The monoisotopic (exact) mass is 382 g/mol. The third-order valence-corrected chi connectivity index (χ3v) is 4.32. The number of rotatable bonds is 4. The quantitative estimate of drug-likeness (QED) is 0.801. The van der Waals surface area contributed by atoms with E-state index in [0.717, 1.165) is 8.95 Å². The maximum Gasteiger partial charge on any atom is 0.0308 e. The van der Waals surface area contributed by atoms with E-state index in [0.29, 0.717) is 0 Å². The smallest absolute Gasteiger partial charge is 0.0308 e. The molecule has 1 N–H and O–H groups in total. The molecule has 0 spiro atoms. The standard InChI is InChI=1S/C15H16Br2N2/c1-10(12-5-7-18-8-6-12)19-11(2)14-4-3-13(16)9-15(14)17/h3-11,19H,1-2H3. The van der Waals surface area contributed by atoms with E-state index < -0.39 is 0 Å². The van der Waals surface area contributed by atoms with Crippen molar-refractivity contribution in [2.45, 2.75) is 25.9 Å². The van der Waals surface area contributed by atoms with Gasteiger partial charge in [0.05, 0.1) is 0 Å². The molecule has 2 aromatic rings. The molecule has 100 valence electrons. The zero-order valence-corrected chi connectivity index (χ0v) is 14.1. The maximum absolute atomic E-state index is 4.05. The van der Waals surface area contributed by atoms with Gasteiger partial charge >= 0.3 is 0 Å². The average molecular weight is 384 g/mol. The van der Waals surface area contributed by atoms with Crippen LogP contribution in [0.4, 0.5) is 0 Å². The molecule has 0 fully saturated rings. The van der Waals surface area contributed by atoms with Crippen LogP contribution in [0.1, 0.15) is 37.1 Å². The molecule has 0 saturated carbocycles. The molecule has 2 atom stereocenters. The van der Waals surface area contributed by atoms with E-state index in [-0.39, 0.29) is 12.1 Å². The molecule has 0 aliphatic heterocycles. The number of pyridine rings is 1. The number of hydrogen-bond donors (Lipinski definition) is 1. The van der Waals surface area contributed by atoms with Crippen molar-refractivity contribution in [3.8, 4) is 0 Å². The van der Waals surface area contributed by atoms with Gasteiger partial charge in [0.25, 0.3) is 0 Å². The normalized spacial score (nSPS) is 14.1. The predicted molar refractivity (Wildman–Crippen MR) is 86.0 cm³/mol. The highest BCUT2D eigenvalue weighted by atomic mass is 79.9. The molecule has 19 heavy (non-hydrogen) atoms. The lowest BCUT2D eigenvalue weighted by molar-refractivity contribution is 0.493. The predicted octanol–water partition coefficient (Wildman–Crippen LogP) is 5.02. The minimum absolute atomic E-state index is 0.269. The molecular weight excluding hydrogens is 368 g/mol. The second kappa shape index (κ2) is 6.64. The topological polar surface area (TPSA) is 24.9 Å². The first-order valence-electron chi connectivity index (χ1n) is 6.19. The third-order valence-electron chi connectivity index (χ3n) is 3.14. The summed E-state index contributed by atoms with van der Waals surface area (Å²) >= 11 is 7.09. The summed E-state index contributed by atoms with van der Waals surface area (Å²) in [7, 11) is 0. The van der Waals surface area contributed by atoms with E-state index in [1.54, 1.807) is 0 Å². The molecule has 4 heteroatoms. The Bertz CT molecular complexity index is 543. The van der Waals surface area contributed by atoms with Gasteiger partial charge in [0, 0.05) is 33.4 Å². The van der Waals surface area contributed by atoms with Crippen LogP contribution in [0.25, 0.3) is 0 Å². The second-order valence-electron chi connectivity index (χ2n) is 4.56. The first-order chi connectivity index (χ1) is 9.08. The van der Waals surface area contributed by atoms with Crippen LogP contribution in [0.15, 0.2) is 51.7 Å². The van der Waals surface area contributed by atoms with Gasteiger partial charge in [-0.05, 0) is 49.2 Å². The molecule has 1 aromatic carbocycles. The Labute approximate surface area is 130 Å². The van der Waals surface area contributed by atoms with E-state index in [2.05, 4.69) is 74.2 Å². The number of benzene rings is 1. The highest BCUT2D eigenvalue weighted by Crippen LogP contribution is 2.28. The van der Waals surface area contributed by atoms with Crippen LogP contribution in [0.5, 0.6) is 0 Å². The molecule has 0 radical (unpaired) electrons. The van der Waals surface area contributed by atoms with Gasteiger partial charge in [-0.3, -0.25) is 4.98 Å². The van der Waals surface area contributed by atoms with Crippen molar-refractivity contribution < 1.29 is 0 Å². The van der Waals surface area contributed by atoms with E-state index in [9.17, 15) is 0 Å². The largest absolute Gasteiger partial charge is 0.304 e. The summed E-state index contributed by atoms with van der Waals surface area (Å²) in [5.41, 5.74) is 2.50. The molecule has 2 nitrogen and oxygen atoms in total. The molecule has 0 bridgehead atoms. The molecule has 0 aliphatic carbocycles. The molecule has 1 heterocycles. The van der Waals surface area contributed by atoms with Crippen molar-refractivity contribution >= 4 is 31.9 Å². The molecule has 0 amide bonds. The summed E-state index contributed by atoms with van der Waals surface area (Å²) in [6.07, 6.45) is 3.65. The lowest BCUT2D eigenvalue weighted by Gasteiger charge is -2.21. The van der Waals surface area contributed by atoms with Crippen LogP contribution in [0.2, 0.25) is 0 Å². The Morgan fingerprint density at radius 3 is 2.32 bits per heavy atom. The van der Waals surface area contributed by atoms with Gasteiger partial charge in [-0.1, -0.05) is 37.9 Å². The van der Waals surface area contributed by atoms with Crippen LogP contribution in [-0.4, -0.2) is 4.98 Å². The molecule has 2 rings (SSSR count).